The third-order valence-electron chi connectivity index (χ3n) is 5.04. The molecule has 2 aliphatic rings. The molecule has 1 fully saturated rings. The highest BCUT2D eigenvalue weighted by atomic mass is 35.5. The number of carbonyl (C=O) groups is 2. The van der Waals surface area contributed by atoms with E-state index in [1.165, 1.54) is 0 Å². The number of alkyl halides is 1. The Morgan fingerprint density at radius 3 is 2.63 bits per heavy atom. The van der Waals surface area contributed by atoms with Gasteiger partial charge in [0.15, 0.2) is 11.4 Å². The Balaban J connectivity index is 1.90. The summed E-state index contributed by atoms with van der Waals surface area (Å²) in [5, 5.41) is 0.749. The quantitative estimate of drug-likeness (QED) is 0.204. The van der Waals surface area contributed by atoms with Crippen LogP contribution in [-0.2, 0) is 23.7 Å². The molecular formula is C21H23Cl3O6. The van der Waals surface area contributed by atoms with Crippen molar-refractivity contribution in [3.63, 3.8) is 0 Å². The molecule has 1 saturated carbocycles. The summed E-state index contributed by atoms with van der Waals surface area (Å²) in [5.74, 6) is 0.185. The first-order valence-electron chi connectivity index (χ1n) is 9.86. The van der Waals surface area contributed by atoms with Crippen LogP contribution in [-0.4, -0.2) is 36.5 Å². The molecular weight excluding hydrogens is 455 g/mol. The standard InChI is InChI=1S/C21H23Cl3O6/c1-13(29-20(26)27-11-5-10-22)28-18-17(15-7-6-14(23)12-16(15)24)19(25)30-21(18)8-3-2-4-9-21/h6-7,12-13H,2-5,8-11H2,1H3. The Morgan fingerprint density at radius 1 is 1.23 bits per heavy atom. The molecule has 3 rings (SSSR count). The van der Waals surface area contributed by atoms with Crippen molar-refractivity contribution in [3.8, 4) is 0 Å². The summed E-state index contributed by atoms with van der Waals surface area (Å²) in [5.41, 5.74) is -0.210. The van der Waals surface area contributed by atoms with Gasteiger partial charge in [0, 0.05) is 23.4 Å². The summed E-state index contributed by atoms with van der Waals surface area (Å²) in [6, 6.07) is 4.84. The molecule has 0 saturated heterocycles. The van der Waals surface area contributed by atoms with Gasteiger partial charge in [-0.25, -0.2) is 9.59 Å². The summed E-state index contributed by atoms with van der Waals surface area (Å²) in [7, 11) is 0. The monoisotopic (exact) mass is 476 g/mol. The first-order chi connectivity index (χ1) is 14.4. The number of ether oxygens (including phenoxy) is 4. The SMILES string of the molecule is CC(OC(=O)OCCCCl)OC1=C(c2ccc(Cl)cc2Cl)C(=O)OC12CCCCC2. The molecule has 1 aliphatic carbocycles. The van der Waals surface area contributed by atoms with E-state index in [0.717, 1.165) is 19.3 Å². The molecule has 0 N–H and O–H groups in total. The van der Waals surface area contributed by atoms with Crippen LogP contribution in [0.1, 0.15) is 51.0 Å². The first-order valence-corrected chi connectivity index (χ1v) is 11.1. The summed E-state index contributed by atoms with van der Waals surface area (Å²) >= 11 is 17.9. The minimum atomic E-state index is -1.00. The third kappa shape index (κ3) is 5.16. The van der Waals surface area contributed by atoms with Crippen LogP contribution in [0.2, 0.25) is 10.0 Å². The molecule has 164 valence electrons. The van der Waals surface area contributed by atoms with Gasteiger partial charge in [0.25, 0.3) is 0 Å². The van der Waals surface area contributed by atoms with Crippen molar-refractivity contribution in [2.45, 2.75) is 57.3 Å². The van der Waals surface area contributed by atoms with E-state index in [9.17, 15) is 9.59 Å². The van der Waals surface area contributed by atoms with Crippen molar-refractivity contribution in [3.05, 3.63) is 39.6 Å². The van der Waals surface area contributed by atoms with Gasteiger partial charge in [0.05, 0.1) is 11.6 Å². The molecule has 30 heavy (non-hydrogen) atoms. The van der Waals surface area contributed by atoms with Crippen molar-refractivity contribution in [1.82, 2.24) is 0 Å². The van der Waals surface area contributed by atoms with Crippen LogP contribution in [0, 0.1) is 0 Å². The van der Waals surface area contributed by atoms with Crippen LogP contribution in [0.3, 0.4) is 0 Å². The maximum Gasteiger partial charge on any atom is 0.511 e. The molecule has 1 unspecified atom stereocenters. The zero-order valence-corrected chi connectivity index (χ0v) is 18.8. The number of hydrogen-bond acceptors (Lipinski definition) is 6. The molecule has 0 amide bonds. The van der Waals surface area contributed by atoms with Crippen molar-refractivity contribution in [2.24, 2.45) is 0 Å². The van der Waals surface area contributed by atoms with Gasteiger partial charge in [-0.15, -0.1) is 11.6 Å². The number of esters is 1. The number of carbonyl (C=O) groups excluding carboxylic acids is 2. The van der Waals surface area contributed by atoms with Crippen LogP contribution in [0.4, 0.5) is 4.79 Å². The lowest BCUT2D eigenvalue weighted by Gasteiger charge is -2.34. The highest BCUT2D eigenvalue weighted by Crippen LogP contribution is 2.48. The smallest absolute Gasteiger partial charge is 0.454 e. The van der Waals surface area contributed by atoms with Crippen LogP contribution in [0.25, 0.3) is 5.57 Å². The molecule has 0 radical (unpaired) electrons. The lowest BCUT2D eigenvalue weighted by molar-refractivity contribution is -0.156. The minimum absolute atomic E-state index is 0.148. The van der Waals surface area contributed by atoms with E-state index in [1.54, 1.807) is 25.1 Å². The van der Waals surface area contributed by atoms with E-state index in [-0.39, 0.29) is 12.2 Å². The minimum Gasteiger partial charge on any atom is -0.454 e. The van der Waals surface area contributed by atoms with Gasteiger partial charge in [0.2, 0.25) is 6.29 Å². The number of halogens is 3. The Labute approximate surface area is 190 Å². The molecule has 1 aromatic carbocycles. The van der Waals surface area contributed by atoms with E-state index < -0.39 is 24.0 Å². The van der Waals surface area contributed by atoms with Crippen LogP contribution < -0.4 is 0 Å². The van der Waals surface area contributed by atoms with E-state index in [1.807, 2.05) is 0 Å². The lowest BCUT2D eigenvalue weighted by atomic mass is 9.82. The predicted octanol–water partition coefficient (Wildman–Crippen LogP) is 6.11. The zero-order valence-electron chi connectivity index (χ0n) is 16.5. The summed E-state index contributed by atoms with van der Waals surface area (Å²) in [4.78, 5) is 24.7. The highest BCUT2D eigenvalue weighted by Gasteiger charge is 2.51. The van der Waals surface area contributed by atoms with Gasteiger partial charge in [-0.3, -0.25) is 0 Å². The topological polar surface area (TPSA) is 71.1 Å². The molecule has 0 aromatic heterocycles. The van der Waals surface area contributed by atoms with Gasteiger partial charge in [-0.1, -0.05) is 35.7 Å². The zero-order chi connectivity index (χ0) is 21.7. The molecule has 9 heteroatoms. The van der Waals surface area contributed by atoms with Crippen molar-refractivity contribution >= 4 is 52.5 Å². The molecule has 1 spiro atoms. The van der Waals surface area contributed by atoms with Gasteiger partial charge in [-0.2, -0.15) is 0 Å². The fraction of sp³-hybridized carbons (Fsp3) is 0.524. The van der Waals surface area contributed by atoms with Crippen molar-refractivity contribution in [1.29, 1.82) is 0 Å². The lowest BCUT2D eigenvalue weighted by Crippen LogP contribution is -2.37. The van der Waals surface area contributed by atoms with E-state index in [2.05, 4.69) is 0 Å². The average Bonchev–Trinajstić information content (AvgIpc) is 2.93. The number of benzene rings is 1. The summed E-state index contributed by atoms with van der Waals surface area (Å²) in [6.07, 6.45) is 2.70. The van der Waals surface area contributed by atoms with Gasteiger partial charge < -0.3 is 18.9 Å². The average molecular weight is 478 g/mol. The van der Waals surface area contributed by atoms with Crippen LogP contribution >= 0.6 is 34.8 Å². The summed E-state index contributed by atoms with van der Waals surface area (Å²) < 4.78 is 21.9. The van der Waals surface area contributed by atoms with Gasteiger partial charge in [0.1, 0.15) is 5.57 Å². The first kappa shape index (κ1) is 23.0. The Morgan fingerprint density at radius 2 is 1.97 bits per heavy atom. The van der Waals surface area contributed by atoms with E-state index >= 15 is 0 Å². The second-order valence-corrected chi connectivity index (χ2v) is 8.44. The second kappa shape index (κ2) is 10.1. The van der Waals surface area contributed by atoms with E-state index in [4.69, 9.17) is 53.8 Å². The van der Waals surface area contributed by atoms with Crippen LogP contribution in [0.15, 0.2) is 24.0 Å². The van der Waals surface area contributed by atoms with Gasteiger partial charge >= 0.3 is 12.1 Å². The van der Waals surface area contributed by atoms with Crippen molar-refractivity contribution < 1.29 is 28.5 Å². The Kier molecular flexibility index (Phi) is 7.77. The maximum absolute atomic E-state index is 12.9. The van der Waals surface area contributed by atoms with Gasteiger partial charge in [-0.05, 0) is 44.2 Å². The molecule has 1 atom stereocenters. The number of hydrogen-bond donors (Lipinski definition) is 0. The highest BCUT2D eigenvalue weighted by molar-refractivity contribution is 6.37. The largest absolute Gasteiger partial charge is 0.511 e. The Bertz CT molecular complexity index is 832. The number of rotatable bonds is 7. The molecule has 0 bridgehead atoms. The van der Waals surface area contributed by atoms with Crippen LogP contribution in [0.5, 0.6) is 0 Å². The Hall–Kier alpha value is -1.63. The fourth-order valence-electron chi connectivity index (χ4n) is 3.71. The van der Waals surface area contributed by atoms with E-state index in [0.29, 0.717) is 46.5 Å². The third-order valence-corrected chi connectivity index (χ3v) is 5.85. The molecule has 1 aliphatic heterocycles. The molecule has 6 nitrogen and oxygen atoms in total. The molecule has 1 aromatic rings. The second-order valence-electron chi connectivity index (χ2n) is 7.22. The predicted molar refractivity (Wildman–Crippen MR) is 114 cm³/mol. The fourth-order valence-corrected chi connectivity index (χ4v) is 4.32. The normalized spacial score (nSPS) is 18.9. The summed E-state index contributed by atoms with van der Waals surface area (Å²) in [6.45, 7) is 1.70. The van der Waals surface area contributed by atoms with Crippen molar-refractivity contribution in [2.75, 3.05) is 12.5 Å². The molecule has 1 heterocycles. The maximum atomic E-state index is 12.9.